The van der Waals surface area contributed by atoms with Crippen LogP contribution in [0.4, 0.5) is 0 Å². The molecule has 2 aromatic carbocycles. The molecule has 6 heteroatoms. The zero-order chi connectivity index (χ0) is 16.1. The van der Waals surface area contributed by atoms with Crippen molar-refractivity contribution in [2.75, 3.05) is 7.11 Å². The molecule has 0 radical (unpaired) electrons. The van der Waals surface area contributed by atoms with E-state index < -0.39 is 12.1 Å². The van der Waals surface area contributed by atoms with Gasteiger partial charge < -0.3 is 9.47 Å². The summed E-state index contributed by atoms with van der Waals surface area (Å²) in [4.78, 5) is 12.0. The van der Waals surface area contributed by atoms with E-state index in [9.17, 15) is 4.79 Å². The zero-order valence-corrected chi connectivity index (χ0v) is 14.8. The average Bonchev–Trinajstić information content (AvgIpc) is 2.54. The minimum atomic E-state index is -0.934. The molecule has 0 aromatic heterocycles. The van der Waals surface area contributed by atoms with Gasteiger partial charge in [-0.15, -0.1) is 0 Å². The molecule has 0 N–H and O–H groups in total. The van der Waals surface area contributed by atoms with Crippen molar-refractivity contribution >= 4 is 45.1 Å². The summed E-state index contributed by atoms with van der Waals surface area (Å²) in [6, 6.07) is 12.5. The molecule has 0 aliphatic heterocycles. The van der Waals surface area contributed by atoms with Crippen molar-refractivity contribution in [3.63, 3.8) is 0 Å². The standard InChI is InChI=1S/C16H13BrCl2O3/c1-21-16(20)14(11-5-3-2-4-6-11)22-15-12(18)7-10(9-17)8-13(15)19/h2-8,14H,9H2,1H3. The monoisotopic (exact) mass is 402 g/mol. The van der Waals surface area contributed by atoms with Crippen LogP contribution >= 0.6 is 39.1 Å². The number of carbonyl (C=O) groups excluding carboxylic acids is 1. The first kappa shape index (κ1) is 17.1. The maximum atomic E-state index is 12.0. The minimum Gasteiger partial charge on any atom is -0.471 e. The minimum absolute atomic E-state index is 0.257. The summed E-state index contributed by atoms with van der Waals surface area (Å²) in [5.74, 6) is -0.268. The molecule has 0 spiro atoms. The third kappa shape index (κ3) is 3.94. The van der Waals surface area contributed by atoms with Crippen LogP contribution < -0.4 is 4.74 Å². The molecule has 2 rings (SSSR count). The van der Waals surface area contributed by atoms with Gasteiger partial charge in [0.25, 0.3) is 0 Å². The predicted molar refractivity (Wildman–Crippen MR) is 90.9 cm³/mol. The van der Waals surface area contributed by atoms with Crippen LogP contribution in [0.1, 0.15) is 17.2 Å². The Bertz CT molecular complexity index is 639. The topological polar surface area (TPSA) is 35.5 Å². The lowest BCUT2D eigenvalue weighted by Gasteiger charge is -2.19. The number of esters is 1. The average molecular weight is 404 g/mol. The Hall–Kier alpha value is -1.23. The molecule has 2 aromatic rings. The summed E-state index contributed by atoms with van der Waals surface area (Å²) in [6.45, 7) is 0. The maximum Gasteiger partial charge on any atom is 0.351 e. The van der Waals surface area contributed by atoms with E-state index in [4.69, 9.17) is 32.7 Å². The van der Waals surface area contributed by atoms with Gasteiger partial charge in [-0.3, -0.25) is 0 Å². The Morgan fingerprint density at radius 2 is 1.77 bits per heavy atom. The smallest absolute Gasteiger partial charge is 0.351 e. The Kier molecular flexibility index (Phi) is 6.12. The fourth-order valence-electron chi connectivity index (χ4n) is 1.91. The SMILES string of the molecule is COC(=O)C(Oc1c(Cl)cc(CBr)cc1Cl)c1ccccc1. The number of carbonyl (C=O) groups is 1. The van der Waals surface area contributed by atoms with E-state index in [-0.39, 0.29) is 5.75 Å². The van der Waals surface area contributed by atoms with Crippen LogP contribution in [-0.4, -0.2) is 13.1 Å². The van der Waals surface area contributed by atoms with Crippen molar-refractivity contribution < 1.29 is 14.3 Å². The lowest BCUT2D eigenvalue weighted by molar-refractivity contribution is -0.149. The molecular formula is C16H13BrCl2O3. The van der Waals surface area contributed by atoms with Crippen molar-refractivity contribution in [2.24, 2.45) is 0 Å². The highest BCUT2D eigenvalue weighted by molar-refractivity contribution is 9.08. The van der Waals surface area contributed by atoms with Crippen LogP contribution in [0.3, 0.4) is 0 Å². The van der Waals surface area contributed by atoms with Crippen molar-refractivity contribution in [3.8, 4) is 5.75 Å². The second kappa shape index (κ2) is 7.86. The number of ether oxygens (including phenoxy) is 2. The third-order valence-corrected chi connectivity index (χ3v) is 4.17. The summed E-state index contributed by atoms with van der Waals surface area (Å²) < 4.78 is 10.6. The summed E-state index contributed by atoms with van der Waals surface area (Å²) in [7, 11) is 1.30. The quantitative estimate of drug-likeness (QED) is 0.509. The number of rotatable bonds is 5. The summed E-state index contributed by atoms with van der Waals surface area (Å²) in [5.41, 5.74) is 1.57. The van der Waals surface area contributed by atoms with Crippen LogP contribution in [-0.2, 0) is 14.9 Å². The van der Waals surface area contributed by atoms with Crippen molar-refractivity contribution in [1.29, 1.82) is 0 Å². The molecule has 3 nitrogen and oxygen atoms in total. The van der Waals surface area contributed by atoms with E-state index in [1.54, 1.807) is 24.3 Å². The fraction of sp³-hybridized carbons (Fsp3) is 0.188. The van der Waals surface area contributed by atoms with E-state index in [2.05, 4.69) is 15.9 Å². The number of hydrogen-bond donors (Lipinski definition) is 0. The molecular weight excluding hydrogens is 391 g/mol. The number of alkyl halides is 1. The molecule has 0 saturated carbocycles. The van der Waals surface area contributed by atoms with E-state index in [0.29, 0.717) is 20.9 Å². The molecule has 22 heavy (non-hydrogen) atoms. The number of methoxy groups -OCH3 is 1. The molecule has 0 aliphatic carbocycles. The molecule has 116 valence electrons. The van der Waals surface area contributed by atoms with E-state index in [1.807, 2.05) is 18.2 Å². The van der Waals surface area contributed by atoms with Crippen LogP contribution in [0.25, 0.3) is 0 Å². The van der Waals surface area contributed by atoms with Gasteiger partial charge in [-0.05, 0) is 17.7 Å². The van der Waals surface area contributed by atoms with Crippen LogP contribution in [0.5, 0.6) is 5.75 Å². The Morgan fingerprint density at radius 1 is 1.18 bits per heavy atom. The Labute approximate surface area is 147 Å². The largest absolute Gasteiger partial charge is 0.471 e. The lowest BCUT2D eigenvalue weighted by atomic mass is 10.1. The summed E-state index contributed by atoms with van der Waals surface area (Å²) in [5, 5.41) is 1.30. The zero-order valence-electron chi connectivity index (χ0n) is 11.7. The lowest BCUT2D eigenvalue weighted by Crippen LogP contribution is -2.20. The van der Waals surface area contributed by atoms with Gasteiger partial charge in [-0.25, -0.2) is 4.79 Å². The molecule has 1 unspecified atom stereocenters. The van der Waals surface area contributed by atoms with Crippen molar-refractivity contribution in [3.05, 3.63) is 63.6 Å². The first-order chi connectivity index (χ1) is 10.6. The van der Waals surface area contributed by atoms with Gasteiger partial charge in [0.1, 0.15) is 0 Å². The van der Waals surface area contributed by atoms with Crippen LogP contribution in [0.2, 0.25) is 10.0 Å². The number of benzene rings is 2. The molecule has 1 atom stereocenters. The fourth-order valence-corrected chi connectivity index (χ4v) is 2.85. The summed E-state index contributed by atoms with van der Waals surface area (Å²) in [6.07, 6.45) is -0.934. The van der Waals surface area contributed by atoms with Gasteiger partial charge in [0.05, 0.1) is 17.2 Å². The Balaban J connectivity index is 2.38. The normalized spacial score (nSPS) is 11.8. The van der Waals surface area contributed by atoms with Crippen molar-refractivity contribution in [1.82, 2.24) is 0 Å². The van der Waals surface area contributed by atoms with Gasteiger partial charge in [0, 0.05) is 10.9 Å². The van der Waals surface area contributed by atoms with Crippen LogP contribution in [0, 0.1) is 0 Å². The van der Waals surface area contributed by atoms with E-state index >= 15 is 0 Å². The molecule has 0 amide bonds. The molecule has 0 saturated heterocycles. The third-order valence-electron chi connectivity index (χ3n) is 2.97. The van der Waals surface area contributed by atoms with Crippen LogP contribution in [0.15, 0.2) is 42.5 Å². The highest BCUT2D eigenvalue weighted by atomic mass is 79.9. The second-order valence-electron chi connectivity index (χ2n) is 4.45. The highest BCUT2D eigenvalue weighted by Gasteiger charge is 2.25. The predicted octanol–water partition coefficient (Wildman–Crippen LogP) is 5.18. The number of hydrogen-bond acceptors (Lipinski definition) is 3. The first-order valence-corrected chi connectivity index (χ1v) is 8.28. The summed E-state index contributed by atoms with van der Waals surface area (Å²) >= 11 is 15.8. The van der Waals surface area contributed by atoms with Gasteiger partial charge in [0.15, 0.2) is 5.75 Å². The van der Waals surface area contributed by atoms with Gasteiger partial charge in [-0.1, -0.05) is 69.5 Å². The maximum absolute atomic E-state index is 12.0. The van der Waals surface area contributed by atoms with Gasteiger partial charge >= 0.3 is 5.97 Å². The molecule has 0 aliphatic rings. The molecule has 0 bridgehead atoms. The molecule has 0 fully saturated rings. The van der Waals surface area contributed by atoms with Gasteiger partial charge in [-0.2, -0.15) is 0 Å². The number of halogens is 3. The molecule has 0 heterocycles. The van der Waals surface area contributed by atoms with E-state index in [1.165, 1.54) is 7.11 Å². The van der Waals surface area contributed by atoms with Gasteiger partial charge in [0.2, 0.25) is 6.10 Å². The highest BCUT2D eigenvalue weighted by Crippen LogP contribution is 2.37. The first-order valence-electron chi connectivity index (χ1n) is 6.40. The van der Waals surface area contributed by atoms with Crippen molar-refractivity contribution in [2.45, 2.75) is 11.4 Å². The van der Waals surface area contributed by atoms with E-state index in [0.717, 1.165) is 5.56 Å². The second-order valence-corrected chi connectivity index (χ2v) is 5.83. The Morgan fingerprint density at radius 3 is 2.27 bits per heavy atom.